The number of aryl methyl sites for hydroxylation is 1. The lowest BCUT2D eigenvalue weighted by Gasteiger charge is -2.27. The average molecular weight is 445 g/mol. The smallest absolute Gasteiger partial charge is 0.240 e. The van der Waals surface area contributed by atoms with Crippen LogP contribution in [-0.2, 0) is 14.8 Å². The Morgan fingerprint density at radius 1 is 1.10 bits per heavy atom. The van der Waals surface area contributed by atoms with Crippen molar-refractivity contribution in [3.8, 4) is 11.3 Å². The monoisotopic (exact) mass is 444 g/mol. The summed E-state index contributed by atoms with van der Waals surface area (Å²) >= 11 is 0. The standard InChI is InChI=1S/C20H24N6O4S/c1-15-25-18(13-30-15)16-2-4-17(5-3-16)31(27,28)24-7-6-21-19-12-20(23-14-22-19)26-8-10-29-11-9-26/h2-5,12-14,24H,6-11H2,1H3,(H,21,22,23). The Kier molecular flexibility index (Phi) is 6.44. The first-order valence-corrected chi connectivity index (χ1v) is 11.4. The fourth-order valence-electron chi connectivity index (χ4n) is 3.17. The summed E-state index contributed by atoms with van der Waals surface area (Å²) < 4.78 is 38.2. The van der Waals surface area contributed by atoms with Crippen LogP contribution in [0.25, 0.3) is 11.3 Å². The van der Waals surface area contributed by atoms with Gasteiger partial charge in [0.2, 0.25) is 10.0 Å². The molecule has 164 valence electrons. The molecule has 0 atom stereocenters. The van der Waals surface area contributed by atoms with E-state index in [2.05, 4.69) is 29.9 Å². The minimum atomic E-state index is -3.62. The molecule has 0 spiro atoms. The predicted molar refractivity (Wildman–Crippen MR) is 115 cm³/mol. The summed E-state index contributed by atoms with van der Waals surface area (Å²) in [4.78, 5) is 15.0. The average Bonchev–Trinajstić information content (AvgIpc) is 3.24. The number of benzene rings is 1. The van der Waals surface area contributed by atoms with E-state index in [-0.39, 0.29) is 11.4 Å². The van der Waals surface area contributed by atoms with Crippen molar-refractivity contribution in [1.82, 2.24) is 19.7 Å². The van der Waals surface area contributed by atoms with Crippen LogP contribution in [0.3, 0.4) is 0 Å². The minimum absolute atomic E-state index is 0.188. The Bertz CT molecular complexity index is 1110. The molecule has 0 aliphatic carbocycles. The highest BCUT2D eigenvalue weighted by molar-refractivity contribution is 7.89. The fourth-order valence-corrected chi connectivity index (χ4v) is 4.20. The maximum atomic E-state index is 12.5. The molecular formula is C20H24N6O4S. The zero-order valence-electron chi connectivity index (χ0n) is 17.1. The van der Waals surface area contributed by atoms with Crippen molar-refractivity contribution < 1.29 is 17.6 Å². The number of nitrogens with one attached hydrogen (secondary N) is 2. The van der Waals surface area contributed by atoms with Crippen molar-refractivity contribution in [3.05, 3.63) is 48.8 Å². The molecule has 1 fully saturated rings. The van der Waals surface area contributed by atoms with Crippen molar-refractivity contribution in [1.29, 1.82) is 0 Å². The van der Waals surface area contributed by atoms with Crippen LogP contribution < -0.4 is 14.9 Å². The molecule has 0 saturated carbocycles. The van der Waals surface area contributed by atoms with Crippen LogP contribution in [0.4, 0.5) is 11.6 Å². The van der Waals surface area contributed by atoms with Crippen molar-refractivity contribution in [2.75, 3.05) is 49.6 Å². The lowest BCUT2D eigenvalue weighted by molar-refractivity contribution is 0.122. The number of hydrogen-bond acceptors (Lipinski definition) is 9. The van der Waals surface area contributed by atoms with Gasteiger partial charge >= 0.3 is 0 Å². The summed E-state index contributed by atoms with van der Waals surface area (Å²) in [6, 6.07) is 8.36. The Morgan fingerprint density at radius 2 is 1.87 bits per heavy atom. The Labute approximate surface area is 180 Å². The van der Waals surface area contributed by atoms with Gasteiger partial charge in [-0.2, -0.15) is 0 Å². The lowest BCUT2D eigenvalue weighted by Crippen LogP contribution is -2.36. The van der Waals surface area contributed by atoms with Gasteiger partial charge in [0.15, 0.2) is 5.89 Å². The number of aromatic nitrogens is 3. The highest BCUT2D eigenvalue weighted by Gasteiger charge is 2.15. The second kappa shape index (κ2) is 9.41. The Hall–Kier alpha value is -3.02. The zero-order chi connectivity index (χ0) is 21.7. The second-order valence-corrected chi connectivity index (χ2v) is 8.73. The lowest BCUT2D eigenvalue weighted by atomic mass is 10.2. The number of morpholine rings is 1. The quantitative estimate of drug-likeness (QED) is 0.499. The van der Waals surface area contributed by atoms with E-state index >= 15 is 0 Å². The van der Waals surface area contributed by atoms with Gasteiger partial charge in [-0.05, 0) is 12.1 Å². The van der Waals surface area contributed by atoms with Crippen molar-refractivity contribution in [3.63, 3.8) is 0 Å². The molecule has 0 amide bonds. The van der Waals surface area contributed by atoms with Gasteiger partial charge < -0.3 is 19.4 Å². The van der Waals surface area contributed by atoms with Crippen LogP contribution in [-0.4, -0.2) is 62.8 Å². The van der Waals surface area contributed by atoms with Crippen LogP contribution in [0.2, 0.25) is 0 Å². The second-order valence-electron chi connectivity index (χ2n) is 6.96. The number of oxazole rings is 1. The van der Waals surface area contributed by atoms with E-state index in [1.807, 2.05) is 6.07 Å². The van der Waals surface area contributed by atoms with E-state index in [1.165, 1.54) is 6.33 Å². The third-order valence-corrected chi connectivity index (χ3v) is 6.27. The van der Waals surface area contributed by atoms with E-state index < -0.39 is 10.0 Å². The van der Waals surface area contributed by atoms with Gasteiger partial charge in [0.25, 0.3) is 0 Å². The highest BCUT2D eigenvalue weighted by atomic mass is 32.2. The molecule has 1 saturated heterocycles. The van der Waals surface area contributed by atoms with Gasteiger partial charge in [-0.15, -0.1) is 0 Å². The number of ether oxygens (including phenoxy) is 1. The molecule has 11 heteroatoms. The van der Waals surface area contributed by atoms with Crippen LogP contribution in [0.15, 0.2) is 52.2 Å². The topological polar surface area (TPSA) is 122 Å². The Morgan fingerprint density at radius 3 is 2.58 bits per heavy atom. The van der Waals surface area contributed by atoms with Crippen LogP contribution in [0.1, 0.15) is 5.89 Å². The molecule has 3 heterocycles. The third kappa shape index (κ3) is 5.37. The first-order chi connectivity index (χ1) is 15.0. The first-order valence-electron chi connectivity index (χ1n) is 9.92. The molecule has 1 aliphatic rings. The maximum Gasteiger partial charge on any atom is 0.240 e. The summed E-state index contributed by atoms with van der Waals surface area (Å²) in [6.07, 6.45) is 3.04. The summed E-state index contributed by atoms with van der Waals surface area (Å²) in [7, 11) is -3.62. The molecule has 3 aromatic rings. The van der Waals surface area contributed by atoms with Gasteiger partial charge in [-0.3, -0.25) is 0 Å². The molecule has 0 bridgehead atoms. The first kappa shape index (κ1) is 21.2. The fraction of sp³-hybridized carbons (Fsp3) is 0.350. The number of hydrogen-bond donors (Lipinski definition) is 2. The number of rotatable bonds is 8. The van der Waals surface area contributed by atoms with E-state index in [9.17, 15) is 8.42 Å². The number of anilines is 2. The molecule has 0 unspecified atom stereocenters. The van der Waals surface area contributed by atoms with Crippen LogP contribution in [0, 0.1) is 6.92 Å². The molecule has 2 aromatic heterocycles. The third-order valence-electron chi connectivity index (χ3n) is 4.79. The summed E-state index contributed by atoms with van der Waals surface area (Å²) in [6.45, 7) is 5.27. The van der Waals surface area contributed by atoms with Crippen molar-refractivity contribution in [2.24, 2.45) is 0 Å². The van der Waals surface area contributed by atoms with E-state index in [0.717, 1.165) is 24.5 Å². The van der Waals surface area contributed by atoms with E-state index in [0.29, 0.717) is 37.2 Å². The highest BCUT2D eigenvalue weighted by Crippen LogP contribution is 2.20. The van der Waals surface area contributed by atoms with Gasteiger partial charge in [0.1, 0.15) is 29.9 Å². The van der Waals surface area contributed by atoms with Crippen molar-refractivity contribution in [2.45, 2.75) is 11.8 Å². The molecule has 1 aliphatic heterocycles. The zero-order valence-corrected chi connectivity index (χ0v) is 17.9. The minimum Gasteiger partial charge on any atom is -0.449 e. The number of nitrogens with zero attached hydrogens (tertiary/aromatic N) is 4. The van der Waals surface area contributed by atoms with E-state index in [1.54, 1.807) is 37.5 Å². The molecule has 10 nitrogen and oxygen atoms in total. The molecular weight excluding hydrogens is 420 g/mol. The molecule has 0 radical (unpaired) electrons. The van der Waals surface area contributed by atoms with Gasteiger partial charge in [0.05, 0.1) is 18.1 Å². The molecule has 31 heavy (non-hydrogen) atoms. The summed E-state index contributed by atoms with van der Waals surface area (Å²) in [5, 5.41) is 3.13. The summed E-state index contributed by atoms with van der Waals surface area (Å²) in [5.41, 5.74) is 1.46. The SMILES string of the molecule is Cc1nc(-c2ccc(S(=O)(=O)NCCNc3cc(N4CCOCC4)ncn3)cc2)co1. The molecule has 4 rings (SSSR count). The maximum absolute atomic E-state index is 12.5. The van der Waals surface area contributed by atoms with Gasteiger partial charge in [0, 0.05) is 44.7 Å². The van der Waals surface area contributed by atoms with Gasteiger partial charge in [-0.25, -0.2) is 28.1 Å². The van der Waals surface area contributed by atoms with Crippen LogP contribution in [0.5, 0.6) is 0 Å². The number of sulfonamides is 1. The Balaban J connectivity index is 1.30. The normalized spacial score (nSPS) is 14.5. The van der Waals surface area contributed by atoms with Gasteiger partial charge in [-0.1, -0.05) is 12.1 Å². The van der Waals surface area contributed by atoms with Crippen LogP contribution >= 0.6 is 0 Å². The van der Waals surface area contributed by atoms with E-state index in [4.69, 9.17) is 9.15 Å². The largest absolute Gasteiger partial charge is 0.449 e. The summed E-state index contributed by atoms with van der Waals surface area (Å²) in [5.74, 6) is 2.02. The predicted octanol–water partition coefficient (Wildman–Crippen LogP) is 1.67. The van der Waals surface area contributed by atoms with Crippen molar-refractivity contribution >= 4 is 21.7 Å². The molecule has 1 aromatic carbocycles. The molecule has 2 N–H and O–H groups in total.